The number of aliphatic carboxylic acids is 1. The summed E-state index contributed by atoms with van der Waals surface area (Å²) in [5.74, 6) is -1.17. The summed E-state index contributed by atoms with van der Waals surface area (Å²) in [6.07, 6.45) is 3.70. The molecule has 1 aromatic carbocycles. The number of aliphatic hydroxyl groups is 1. The molecule has 0 unspecified atom stereocenters. The number of aromatic amines is 1. The van der Waals surface area contributed by atoms with Crippen molar-refractivity contribution >= 4 is 39.8 Å². The van der Waals surface area contributed by atoms with Crippen LogP contribution in [0, 0.1) is 5.92 Å². The molecule has 1 aliphatic carbocycles. The third kappa shape index (κ3) is 4.24. The molecule has 0 radical (unpaired) electrons. The second-order valence-corrected chi connectivity index (χ2v) is 9.40. The van der Waals surface area contributed by atoms with Gasteiger partial charge in [-0.2, -0.15) is 0 Å². The summed E-state index contributed by atoms with van der Waals surface area (Å²) in [7, 11) is 0. The zero-order valence-electron chi connectivity index (χ0n) is 17.8. The SMILES string of the molecule is O=C(O)[C@H]1CC[C@](O)(c2ncc(-c3c[nH]c4ccc(Nc5nccc(C(F)F)n5)cc34)s2)CC1. The van der Waals surface area contributed by atoms with E-state index in [1.807, 2.05) is 18.3 Å². The second-order valence-electron chi connectivity index (χ2n) is 8.37. The minimum atomic E-state index is -2.68. The largest absolute Gasteiger partial charge is 0.481 e. The lowest BCUT2D eigenvalue weighted by Crippen LogP contribution is -2.33. The molecule has 0 atom stereocenters. The Bertz CT molecular complexity index is 1350. The first-order valence-corrected chi connectivity index (χ1v) is 11.6. The van der Waals surface area contributed by atoms with Crippen LogP contribution < -0.4 is 5.32 Å². The molecule has 1 fully saturated rings. The van der Waals surface area contributed by atoms with E-state index < -0.39 is 23.9 Å². The number of nitrogens with one attached hydrogen (secondary N) is 2. The van der Waals surface area contributed by atoms with Gasteiger partial charge in [-0.1, -0.05) is 0 Å². The topological polar surface area (TPSA) is 124 Å². The third-order valence-corrected chi connectivity index (χ3v) is 7.39. The summed E-state index contributed by atoms with van der Waals surface area (Å²) in [5.41, 5.74) is 0.912. The first-order chi connectivity index (χ1) is 16.3. The van der Waals surface area contributed by atoms with Gasteiger partial charge in [-0.15, -0.1) is 11.3 Å². The fraction of sp³-hybridized carbons (Fsp3) is 0.304. The molecule has 34 heavy (non-hydrogen) atoms. The van der Waals surface area contributed by atoms with E-state index in [9.17, 15) is 23.8 Å². The van der Waals surface area contributed by atoms with Crippen LogP contribution in [-0.4, -0.2) is 36.1 Å². The molecule has 1 aliphatic rings. The van der Waals surface area contributed by atoms with E-state index in [1.165, 1.54) is 23.6 Å². The maximum atomic E-state index is 12.9. The van der Waals surface area contributed by atoms with Crippen molar-refractivity contribution in [2.75, 3.05) is 5.32 Å². The quantitative estimate of drug-likeness (QED) is 0.295. The van der Waals surface area contributed by atoms with Crippen LogP contribution in [-0.2, 0) is 10.4 Å². The van der Waals surface area contributed by atoms with Gasteiger partial charge in [0, 0.05) is 40.7 Å². The highest BCUT2D eigenvalue weighted by molar-refractivity contribution is 7.15. The number of nitrogens with zero attached hydrogens (tertiary/aromatic N) is 3. The van der Waals surface area contributed by atoms with Gasteiger partial charge in [-0.05, 0) is 49.9 Å². The molecule has 0 bridgehead atoms. The molecule has 8 nitrogen and oxygen atoms in total. The first-order valence-electron chi connectivity index (χ1n) is 10.7. The number of carbonyl (C=O) groups is 1. The van der Waals surface area contributed by atoms with Crippen molar-refractivity contribution in [3.05, 3.63) is 53.6 Å². The number of alkyl halides is 2. The molecule has 0 aliphatic heterocycles. The van der Waals surface area contributed by atoms with Gasteiger partial charge in [0.2, 0.25) is 5.95 Å². The third-order valence-electron chi connectivity index (χ3n) is 6.17. The summed E-state index contributed by atoms with van der Waals surface area (Å²) in [4.78, 5) is 27.6. The molecule has 176 valence electrons. The average molecular weight is 486 g/mol. The Morgan fingerprint density at radius 3 is 2.76 bits per heavy atom. The fourth-order valence-electron chi connectivity index (χ4n) is 4.26. The molecule has 0 spiro atoms. The maximum absolute atomic E-state index is 12.9. The first kappa shape index (κ1) is 22.4. The van der Waals surface area contributed by atoms with Gasteiger partial charge in [-0.3, -0.25) is 4.79 Å². The van der Waals surface area contributed by atoms with E-state index in [4.69, 9.17) is 0 Å². The van der Waals surface area contributed by atoms with Gasteiger partial charge >= 0.3 is 5.97 Å². The number of rotatable bonds is 6. The van der Waals surface area contributed by atoms with Crippen LogP contribution in [0.2, 0.25) is 0 Å². The molecule has 4 aromatic rings. The summed E-state index contributed by atoms with van der Waals surface area (Å²) < 4.78 is 25.9. The normalized spacial score (nSPS) is 20.6. The van der Waals surface area contributed by atoms with Crippen molar-refractivity contribution in [2.24, 2.45) is 5.92 Å². The van der Waals surface area contributed by atoms with Gasteiger partial charge in [0.15, 0.2) is 0 Å². The Labute approximate surface area is 196 Å². The Morgan fingerprint density at radius 2 is 2.03 bits per heavy atom. The van der Waals surface area contributed by atoms with Gasteiger partial charge in [-0.25, -0.2) is 23.7 Å². The monoisotopic (exact) mass is 485 g/mol. The Hall–Kier alpha value is -3.44. The number of carboxylic acid groups (broad SMARTS) is 1. The van der Waals surface area contributed by atoms with E-state index in [1.54, 1.807) is 12.3 Å². The molecule has 0 saturated heterocycles. The predicted molar refractivity (Wildman–Crippen MR) is 123 cm³/mol. The number of fused-ring (bicyclic) bond motifs is 1. The summed E-state index contributed by atoms with van der Waals surface area (Å²) in [6, 6.07) is 6.70. The van der Waals surface area contributed by atoms with E-state index in [-0.39, 0.29) is 11.6 Å². The van der Waals surface area contributed by atoms with Crippen molar-refractivity contribution < 1.29 is 23.8 Å². The van der Waals surface area contributed by atoms with Crippen molar-refractivity contribution in [1.82, 2.24) is 19.9 Å². The zero-order valence-corrected chi connectivity index (χ0v) is 18.6. The zero-order chi connectivity index (χ0) is 23.9. The number of hydrogen-bond acceptors (Lipinski definition) is 7. The molecule has 3 aromatic heterocycles. The molecule has 3 heterocycles. The maximum Gasteiger partial charge on any atom is 0.306 e. The van der Waals surface area contributed by atoms with Crippen LogP contribution in [0.15, 0.2) is 42.9 Å². The van der Waals surface area contributed by atoms with Crippen LogP contribution in [0.25, 0.3) is 21.3 Å². The van der Waals surface area contributed by atoms with Crippen LogP contribution in [0.3, 0.4) is 0 Å². The van der Waals surface area contributed by atoms with E-state index in [0.717, 1.165) is 21.3 Å². The van der Waals surface area contributed by atoms with E-state index in [2.05, 4.69) is 25.3 Å². The molecule has 5 rings (SSSR count). The number of carboxylic acids is 1. The average Bonchev–Trinajstić information content (AvgIpc) is 3.47. The standard InChI is InChI=1S/C23H21F2N5O3S/c24-19(25)17-5-8-26-22(30-17)29-13-1-2-16-14(9-13)15(10-27-16)18-11-28-21(34-18)23(33)6-3-12(4-7-23)20(31)32/h1-2,5,8-12,19,27,33H,3-4,6-7H2,(H,31,32)(H,26,29,30)/t12-,23+. The highest BCUT2D eigenvalue weighted by atomic mass is 32.1. The molecular formula is C23H21F2N5O3S. The molecular weight excluding hydrogens is 464 g/mol. The Morgan fingerprint density at radius 1 is 1.24 bits per heavy atom. The fourth-order valence-corrected chi connectivity index (χ4v) is 5.35. The molecule has 11 heteroatoms. The van der Waals surface area contributed by atoms with Crippen molar-refractivity contribution in [3.8, 4) is 10.4 Å². The number of H-pyrrole nitrogens is 1. The number of hydrogen-bond donors (Lipinski definition) is 4. The van der Waals surface area contributed by atoms with Crippen molar-refractivity contribution in [2.45, 2.75) is 37.7 Å². The van der Waals surface area contributed by atoms with Gasteiger partial charge in [0.05, 0.1) is 10.8 Å². The van der Waals surface area contributed by atoms with E-state index in [0.29, 0.717) is 36.4 Å². The summed E-state index contributed by atoms with van der Waals surface area (Å²) in [5, 5.41) is 24.7. The van der Waals surface area contributed by atoms with Crippen LogP contribution in [0.1, 0.15) is 42.8 Å². The van der Waals surface area contributed by atoms with Crippen LogP contribution in [0.5, 0.6) is 0 Å². The van der Waals surface area contributed by atoms with Gasteiger partial charge in [0.1, 0.15) is 16.3 Å². The minimum absolute atomic E-state index is 0.0773. The van der Waals surface area contributed by atoms with Crippen LogP contribution in [0.4, 0.5) is 20.4 Å². The van der Waals surface area contributed by atoms with Gasteiger partial charge in [0.25, 0.3) is 6.43 Å². The Balaban J connectivity index is 1.40. The summed E-state index contributed by atoms with van der Waals surface area (Å²) in [6.45, 7) is 0. The Kier molecular flexibility index (Phi) is 5.74. The highest BCUT2D eigenvalue weighted by Gasteiger charge is 2.39. The smallest absolute Gasteiger partial charge is 0.306 e. The molecule has 4 N–H and O–H groups in total. The second kappa shape index (κ2) is 8.73. The summed E-state index contributed by atoms with van der Waals surface area (Å²) >= 11 is 1.38. The van der Waals surface area contributed by atoms with Crippen LogP contribution >= 0.6 is 11.3 Å². The number of thiazole rings is 1. The van der Waals surface area contributed by atoms with Gasteiger partial charge < -0.3 is 20.5 Å². The minimum Gasteiger partial charge on any atom is -0.481 e. The number of aromatic nitrogens is 4. The molecule has 1 saturated carbocycles. The lowest BCUT2D eigenvalue weighted by Gasteiger charge is -2.32. The number of anilines is 2. The molecule has 0 amide bonds. The lowest BCUT2D eigenvalue weighted by molar-refractivity contribution is -0.145. The lowest BCUT2D eigenvalue weighted by atomic mass is 9.79. The van der Waals surface area contributed by atoms with E-state index >= 15 is 0 Å². The van der Waals surface area contributed by atoms with Crippen molar-refractivity contribution in [1.29, 1.82) is 0 Å². The predicted octanol–water partition coefficient (Wildman–Crippen LogP) is 5.23. The highest BCUT2D eigenvalue weighted by Crippen LogP contribution is 2.43. The van der Waals surface area contributed by atoms with Crippen molar-refractivity contribution in [3.63, 3.8) is 0 Å². The number of benzene rings is 1. The number of halogens is 2.